The predicted octanol–water partition coefficient (Wildman–Crippen LogP) is 2.72. The van der Waals surface area contributed by atoms with Crippen molar-refractivity contribution in [2.24, 2.45) is 0 Å². The first-order valence-corrected chi connectivity index (χ1v) is 6.72. The van der Waals surface area contributed by atoms with E-state index in [0.717, 1.165) is 5.75 Å². The first kappa shape index (κ1) is 14.8. The van der Waals surface area contributed by atoms with Crippen molar-refractivity contribution < 1.29 is 19.0 Å². The maximum Gasteiger partial charge on any atom is 0.338 e. The van der Waals surface area contributed by atoms with Gasteiger partial charge in [-0.05, 0) is 43.3 Å². The summed E-state index contributed by atoms with van der Waals surface area (Å²) in [7, 11) is 0. The van der Waals surface area contributed by atoms with E-state index in [1.54, 1.807) is 24.5 Å². The number of ether oxygens (including phenoxy) is 3. The molecule has 0 aliphatic rings. The normalized spacial score (nSPS) is 9.95. The molecule has 0 spiro atoms. The van der Waals surface area contributed by atoms with E-state index in [1.165, 1.54) is 0 Å². The highest BCUT2D eigenvalue weighted by molar-refractivity contribution is 5.89. The molecule has 0 aliphatic heterocycles. The van der Waals surface area contributed by atoms with Crippen LogP contribution in [-0.2, 0) is 4.74 Å². The van der Waals surface area contributed by atoms with Crippen molar-refractivity contribution in [1.82, 2.24) is 4.98 Å². The zero-order valence-electron chi connectivity index (χ0n) is 11.8. The van der Waals surface area contributed by atoms with E-state index in [2.05, 4.69) is 4.98 Å². The summed E-state index contributed by atoms with van der Waals surface area (Å²) in [6.07, 6.45) is 3.10. The second-order valence-electron chi connectivity index (χ2n) is 4.12. The van der Waals surface area contributed by atoms with E-state index < -0.39 is 0 Å². The van der Waals surface area contributed by atoms with Gasteiger partial charge in [0.15, 0.2) is 0 Å². The molecular weight excluding hydrogens is 270 g/mol. The number of aromatic nitrogens is 1. The van der Waals surface area contributed by atoms with Gasteiger partial charge in [0.05, 0.1) is 12.2 Å². The molecule has 2 rings (SSSR count). The number of pyridine rings is 1. The molecule has 5 nitrogen and oxygen atoms in total. The summed E-state index contributed by atoms with van der Waals surface area (Å²) >= 11 is 0. The molecule has 2 aromatic rings. The maximum atomic E-state index is 11.7. The predicted molar refractivity (Wildman–Crippen MR) is 77.6 cm³/mol. The SMILES string of the molecule is CCOc1ccc(OCCOC(=O)c2ccncc2)cc1. The van der Waals surface area contributed by atoms with Gasteiger partial charge in [-0.3, -0.25) is 4.98 Å². The second-order valence-corrected chi connectivity index (χ2v) is 4.12. The Morgan fingerprint density at radius 3 is 2.19 bits per heavy atom. The topological polar surface area (TPSA) is 57.7 Å². The number of hydrogen-bond donors (Lipinski definition) is 0. The molecule has 5 heteroatoms. The van der Waals surface area contributed by atoms with Crippen LogP contribution in [0.15, 0.2) is 48.8 Å². The Hall–Kier alpha value is -2.56. The number of carbonyl (C=O) groups is 1. The summed E-state index contributed by atoms with van der Waals surface area (Å²) in [6, 6.07) is 10.5. The van der Waals surface area contributed by atoms with Crippen LogP contribution in [0.4, 0.5) is 0 Å². The fourth-order valence-electron chi connectivity index (χ4n) is 1.66. The molecule has 1 aromatic carbocycles. The molecule has 110 valence electrons. The largest absolute Gasteiger partial charge is 0.494 e. The molecule has 0 fully saturated rings. The average Bonchev–Trinajstić information content (AvgIpc) is 2.54. The molecule has 0 N–H and O–H groups in total. The quantitative estimate of drug-likeness (QED) is 0.579. The molecule has 0 atom stereocenters. The summed E-state index contributed by atoms with van der Waals surface area (Å²) in [6.45, 7) is 3.05. The summed E-state index contributed by atoms with van der Waals surface area (Å²) < 4.78 is 15.9. The van der Waals surface area contributed by atoms with Crippen molar-refractivity contribution in [3.05, 3.63) is 54.4 Å². The van der Waals surface area contributed by atoms with E-state index in [1.807, 2.05) is 31.2 Å². The molecule has 0 saturated carbocycles. The Labute approximate surface area is 123 Å². The fourth-order valence-corrected chi connectivity index (χ4v) is 1.66. The highest BCUT2D eigenvalue weighted by Crippen LogP contribution is 2.17. The lowest BCUT2D eigenvalue weighted by molar-refractivity contribution is 0.0450. The molecular formula is C16H17NO4. The number of benzene rings is 1. The first-order chi connectivity index (χ1) is 10.3. The van der Waals surface area contributed by atoms with E-state index in [4.69, 9.17) is 14.2 Å². The molecule has 0 amide bonds. The van der Waals surface area contributed by atoms with E-state index >= 15 is 0 Å². The second kappa shape index (κ2) is 7.89. The molecule has 0 bridgehead atoms. The smallest absolute Gasteiger partial charge is 0.338 e. The molecule has 0 aliphatic carbocycles. The van der Waals surface area contributed by atoms with Crippen LogP contribution < -0.4 is 9.47 Å². The van der Waals surface area contributed by atoms with Gasteiger partial charge >= 0.3 is 5.97 Å². The molecule has 1 heterocycles. The molecule has 0 saturated heterocycles. The minimum Gasteiger partial charge on any atom is -0.494 e. The number of hydrogen-bond acceptors (Lipinski definition) is 5. The summed E-state index contributed by atoms with van der Waals surface area (Å²) in [5.74, 6) is 1.13. The number of carbonyl (C=O) groups excluding carboxylic acids is 1. The minimum atomic E-state index is -0.382. The van der Waals surface area contributed by atoms with E-state index in [0.29, 0.717) is 24.5 Å². The Morgan fingerprint density at radius 2 is 1.57 bits per heavy atom. The zero-order chi connectivity index (χ0) is 14.9. The van der Waals surface area contributed by atoms with Crippen molar-refractivity contribution in [1.29, 1.82) is 0 Å². The third-order valence-electron chi connectivity index (χ3n) is 2.64. The molecule has 1 aromatic heterocycles. The van der Waals surface area contributed by atoms with Crippen molar-refractivity contribution in [3.8, 4) is 11.5 Å². The van der Waals surface area contributed by atoms with E-state index in [-0.39, 0.29) is 12.6 Å². The van der Waals surface area contributed by atoms with Gasteiger partial charge in [-0.2, -0.15) is 0 Å². The molecule has 0 unspecified atom stereocenters. The van der Waals surface area contributed by atoms with Crippen LogP contribution in [0.1, 0.15) is 17.3 Å². The molecule has 0 radical (unpaired) electrons. The van der Waals surface area contributed by atoms with Gasteiger partial charge in [-0.25, -0.2) is 4.79 Å². The van der Waals surface area contributed by atoms with Crippen LogP contribution >= 0.6 is 0 Å². The lowest BCUT2D eigenvalue weighted by Gasteiger charge is -2.08. The lowest BCUT2D eigenvalue weighted by atomic mass is 10.3. The van der Waals surface area contributed by atoms with Gasteiger partial charge in [0.2, 0.25) is 0 Å². The van der Waals surface area contributed by atoms with Gasteiger partial charge in [0.1, 0.15) is 24.7 Å². The first-order valence-electron chi connectivity index (χ1n) is 6.72. The third kappa shape index (κ3) is 4.80. The van der Waals surface area contributed by atoms with Crippen LogP contribution in [0.3, 0.4) is 0 Å². The highest BCUT2D eigenvalue weighted by Gasteiger charge is 2.05. The third-order valence-corrected chi connectivity index (χ3v) is 2.64. The van der Waals surface area contributed by atoms with Gasteiger partial charge in [-0.15, -0.1) is 0 Å². The average molecular weight is 287 g/mol. The Morgan fingerprint density at radius 1 is 0.952 bits per heavy atom. The van der Waals surface area contributed by atoms with E-state index in [9.17, 15) is 4.79 Å². The summed E-state index contributed by atoms with van der Waals surface area (Å²) in [5.41, 5.74) is 0.478. The van der Waals surface area contributed by atoms with Crippen LogP contribution in [0.5, 0.6) is 11.5 Å². The minimum absolute atomic E-state index is 0.189. The standard InChI is InChI=1S/C16H17NO4/c1-2-19-14-3-5-15(6-4-14)20-11-12-21-16(18)13-7-9-17-10-8-13/h3-10H,2,11-12H2,1H3. The van der Waals surface area contributed by atoms with Gasteiger partial charge < -0.3 is 14.2 Å². The Kier molecular flexibility index (Phi) is 5.58. The Balaban J connectivity index is 1.71. The maximum absolute atomic E-state index is 11.7. The van der Waals surface area contributed by atoms with Gasteiger partial charge in [0.25, 0.3) is 0 Å². The highest BCUT2D eigenvalue weighted by atomic mass is 16.6. The van der Waals surface area contributed by atoms with Crippen molar-refractivity contribution in [2.75, 3.05) is 19.8 Å². The van der Waals surface area contributed by atoms with Crippen LogP contribution in [0.25, 0.3) is 0 Å². The van der Waals surface area contributed by atoms with Gasteiger partial charge in [0, 0.05) is 12.4 Å². The number of rotatable bonds is 7. The Bertz CT molecular complexity index is 554. The van der Waals surface area contributed by atoms with Gasteiger partial charge in [-0.1, -0.05) is 0 Å². The molecule has 21 heavy (non-hydrogen) atoms. The summed E-state index contributed by atoms with van der Waals surface area (Å²) in [5, 5.41) is 0. The van der Waals surface area contributed by atoms with Crippen LogP contribution in [-0.4, -0.2) is 30.8 Å². The lowest BCUT2D eigenvalue weighted by Crippen LogP contribution is -2.12. The monoisotopic (exact) mass is 287 g/mol. The van der Waals surface area contributed by atoms with Crippen molar-refractivity contribution in [2.45, 2.75) is 6.92 Å². The fraction of sp³-hybridized carbons (Fsp3) is 0.250. The number of nitrogens with zero attached hydrogens (tertiary/aromatic N) is 1. The zero-order valence-corrected chi connectivity index (χ0v) is 11.8. The van der Waals surface area contributed by atoms with Crippen LogP contribution in [0, 0.1) is 0 Å². The number of esters is 1. The van der Waals surface area contributed by atoms with Crippen molar-refractivity contribution >= 4 is 5.97 Å². The van der Waals surface area contributed by atoms with Crippen molar-refractivity contribution in [3.63, 3.8) is 0 Å². The van der Waals surface area contributed by atoms with Crippen LogP contribution in [0.2, 0.25) is 0 Å². The summed E-state index contributed by atoms with van der Waals surface area (Å²) in [4.78, 5) is 15.5.